The maximum absolute atomic E-state index is 13.0. The summed E-state index contributed by atoms with van der Waals surface area (Å²) in [6.07, 6.45) is 7.08. The van der Waals surface area contributed by atoms with E-state index in [2.05, 4.69) is 25.2 Å². The molecule has 4 aliphatic rings. The van der Waals surface area contributed by atoms with Crippen LogP contribution in [0.15, 0.2) is 81.4 Å². The van der Waals surface area contributed by atoms with Gasteiger partial charge in [-0.05, 0) is 55.7 Å². The molecule has 41 heavy (non-hydrogen) atoms. The van der Waals surface area contributed by atoms with Gasteiger partial charge < -0.3 is 10.2 Å². The average Bonchev–Trinajstić information content (AvgIpc) is 3.50. The van der Waals surface area contributed by atoms with Gasteiger partial charge in [0, 0.05) is 36.7 Å². The molecule has 0 radical (unpaired) electrons. The fourth-order valence-electron chi connectivity index (χ4n) is 5.82. The molecule has 208 valence electrons. The van der Waals surface area contributed by atoms with Gasteiger partial charge >= 0.3 is 6.18 Å². The van der Waals surface area contributed by atoms with Gasteiger partial charge in [-0.15, -0.1) is 4.59 Å². The number of pyridine rings is 1. The Morgan fingerprint density at radius 3 is 2.76 bits per heavy atom. The van der Waals surface area contributed by atoms with Crippen LogP contribution in [0.2, 0.25) is 0 Å². The first kappa shape index (κ1) is 26.5. The quantitative estimate of drug-likeness (QED) is 0.327. The number of nitrogens with one attached hydrogen (secondary N) is 1. The Balaban J connectivity index is 1.25. The summed E-state index contributed by atoms with van der Waals surface area (Å²) in [7, 11) is 0. The number of nitriles is 1. The molecule has 6 rings (SSSR count). The first-order chi connectivity index (χ1) is 19.7. The molecular formula is C28H25F3N9O+. The number of nitrogens with two attached hydrogens (primary N) is 1. The number of hydrogen-bond donors (Lipinski definition) is 2. The van der Waals surface area contributed by atoms with Crippen LogP contribution >= 0.6 is 0 Å². The summed E-state index contributed by atoms with van der Waals surface area (Å²) in [5, 5.41) is 11.5. The molecule has 2 fully saturated rings. The van der Waals surface area contributed by atoms with E-state index in [0.717, 1.165) is 61.2 Å². The Bertz CT molecular complexity index is 1600. The molecule has 5 heterocycles. The van der Waals surface area contributed by atoms with Gasteiger partial charge in [-0.1, -0.05) is 0 Å². The van der Waals surface area contributed by atoms with E-state index in [9.17, 15) is 18.0 Å². The lowest BCUT2D eigenvalue weighted by molar-refractivity contribution is -0.750. The molecule has 0 aliphatic carbocycles. The van der Waals surface area contributed by atoms with Gasteiger partial charge in [0.05, 0.1) is 23.5 Å². The third-order valence-corrected chi connectivity index (χ3v) is 7.86. The zero-order valence-electron chi connectivity index (χ0n) is 21.7. The van der Waals surface area contributed by atoms with E-state index in [1.165, 1.54) is 0 Å². The van der Waals surface area contributed by atoms with Crippen LogP contribution in [-0.4, -0.2) is 50.9 Å². The van der Waals surface area contributed by atoms with Crippen molar-refractivity contribution in [3.63, 3.8) is 0 Å². The van der Waals surface area contributed by atoms with Crippen molar-refractivity contribution in [2.75, 3.05) is 11.9 Å². The number of halogens is 3. The normalized spacial score (nSPS) is 26.1. The second-order valence-electron chi connectivity index (χ2n) is 10.3. The van der Waals surface area contributed by atoms with Crippen LogP contribution in [0, 0.1) is 17.4 Å². The van der Waals surface area contributed by atoms with Crippen molar-refractivity contribution < 1.29 is 22.6 Å². The van der Waals surface area contributed by atoms with Gasteiger partial charge in [0.2, 0.25) is 11.9 Å². The molecule has 10 nitrogen and oxygen atoms in total. The number of allylic oxidation sites excluding steroid dienone is 1. The fraction of sp³-hybridized carbons (Fsp3) is 0.286. The van der Waals surface area contributed by atoms with Crippen LogP contribution in [0.5, 0.6) is 0 Å². The third-order valence-electron chi connectivity index (χ3n) is 7.86. The first-order valence-electron chi connectivity index (χ1n) is 13.1. The highest BCUT2D eigenvalue weighted by molar-refractivity contribution is 6.05. The predicted molar refractivity (Wildman–Crippen MR) is 145 cm³/mol. The van der Waals surface area contributed by atoms with E-state index in [1.54, 1.807) is 42.9 Å². The Labute approximate surface area is 233 Å². The van der Waals surface area contributed by atoms with Crippen LogP contribution in [0.3, 0.4) is 0 Å². The lowest BCUT2D eigenvalue weighted by Crippen LogP contribution is -2.53. The van der Waals surface area contributed by atoms with Crippen molar-refractivity contribution in [1.82, 2.24) is 9.88 Å². The molecule has 0 bridgehead atoms. The molecule has 1 aromatic carbocycles. The minimum Gasteiger partial charge on any atom is -0.356 e. The highest BCUT2D eigenvalue weighted by Gasteiger charge is 2.47. The van der Waals surface area contributed by atoms with Gasteiger partial charge in [0.15, 0.2) is 0 Å². The van der Waals surface area contributed by atoms with Gasteiger partial charge in [-0.2, -0.15) is 34.3 Å². The SMILES string of the molecule is N#CN=C1CC[C@@H]2CC[C@@H](C3=C4C=NC=C[N+]4(N)C(c4ccc(C(=O)Nc5cc(C(F)(F)F)ccn5)cc4)=N3)CN12. The summed E-state index contributed by atoms with van der Waals surface area (Å²) in [6, 6.07) is 8.52. The van der Waals surface area contributed by atoms with Crippen molar-refractivity contribution in [3.05, 3.63) is 83.1 Å². The number of amides is 1. The summed E-state index contributed by atoms with van der Waals surface area (Å²) < 4.78 is 38.9. The largest absolute Gasteiger partial charge is 0.416 e. The molecule has 13 heteroatoms. The summed E-state index contributed by atoms with van der Waals surface area (Å²) in [4.78, 5) is 32.1. The smallest absolute Gasteiger partial charge is 0.356 e. The summed E-state index contributed by atoms with van der Waals surface area (Å²) in [6.45, 7) is 0.682. The Morgan fingerprint density at radius 2 is 2.00 bits per heavy atom. The van der Waals surface area contributed by atoms with Crippen molar-refractivity contribution in [2.45, 2.75) is 37.9 Å². The highest BCUT2D eigenvalue weighted by Crippen LogP contribution is 2.40. The van der Waals surface area contributed by atoms with E-state index >= 15 is 0 Å². The zero-order valence-corrected chi connectivity index (χ0v) is 21.7. The van der Waals surface area contributed by atoms with E-state index in [0.29, 0.717) is 24.0 Å². The van der Waals surface area contributed by atoms with Crippen molar-refractivity contribution in [1.29, 1.82) is 5.26 Å². The molecule has 4 aliphatic heterocycles. The number of aromatic nitrogens is 1. The molecule has 1 unspecified atom stereocenters. The lowest BCUT2D eigenvalue weighted by atomic mass is 9.90. The molecule has 3 N–H and O–H groups in total. The lowest BCUT2D eigenvalue weighted by Gasteiger charge is -2.36. The van der Waals surface area contributed by atoms with Crippen LogP contribution in [-0.2, 0) is 6.18 Å². The molecule has 0 spiro atoms. The van der Waals surface area contributed by atoms with Crippen LogP contribution in [0.1, 0.15) is 47.2 Å². The monoisotopic (exact) mass is 560 g/mol. The average molecular weight is 561 g/mol. The number of quaternary nitrogens is 1. The summed E-state index contributed by atoms with van der Waals surface area (Å²) in [5.74, 6) is 7.51. The molecule has 1 amide bonds. The van der Waals surface area contributed by atoms with Crippen molar-refractivity contribution >= 4 is 29.6 Å². The van der Waals surface area contributed by atoms with Gasteiger partial charge in [0.1, 0.15) is 23.6 Å². The van der Waals surface area contributed by atoms with Crippen LogP contribution < -0.4 is 11.2 Å². The molecule has 3 atom stereocenters. The van der Waals surface area contributed by atoms with E-state index in [-0.39, 0.29) is 21.9 Å². The summed E-state index contributed by atoms with van der Waals surface area (Å²) in [5.41, 5.74) is 1.58. The van der Waals surface area contributed by atoms with E-state index < -0.39 is 17.6 Å². The topological polar surface area (TPSA) is 132 Å². The molecule has 2 saturated heterocycles. The number of piperidine rings is 1. The second-order valence-corrected chi connectivity index (χ2v) is 10.3. The van der Waals surface area contributed by atoms with Crippen LogP contribution in [0.25, 0.3) is 0 Å². The number of carbonyl (C=O) groups excluding carboxylic acids is 1. The third kappa shape index (κ3) is 4.81. The van der Waals surface area contributed by atoms with E-state index in [1.807, 2.05) is 6.19 Å². The maximum Gasteiger partial charge on any atom is 0.416 e. The van der Waals surface area contributed by atoms with Gasteiger partial charge in [-0.3, -0.25) is 9.79 Å². The standard InChI is InChI=1S/C28H24F3N9O/c29-28(30,31)20-9-10-35-23(13-20)37-27(41)18-3-1-17(2-4-18)26-38-25(22-14-34-11-12-40(22,26)33)19-5-6-21-7-8-24(36-16-32)39(21)15-19/h1-4,9-14,19,21H,5-8,15,33H2/p+1/t19-,21+,40?/m1/s1. The number of aliphatic imine (C=N–C) groups is 3. The number of nitrogens with zero attached hydrogens (tertiary/aromatic N) is 7. The number of benzene rings is 1. The minimum atomic E-state index is -4.55. The highest BCUT2D eigenvalue weighted by atomic mass is 19.4. The maximum atomic E-state index is 13.0. The number of anilines is 1. The van der Waals surface area contributed by atoms with Gasteiger partial charge in [0.25, 0.3) is 11.7 Å². The number of alkyl halides is 3. The van der Waals surface area contributed by atoms with Crippen molar-refractivity contribution in [3.8, 4) is 6.19 Å². The number of amidine groups is 2. The van der Waals surface area contributed by atoms with E-state index in [4.69, 9.17) is 16.1 Å². The summed E-state index contributed by atoms with van der Waals surface area (Å²) >= 11 is 0. The molecule has 0 saturated carbocycles. The zero-order chi connectivity index (χ0) is 28.8. The minimum absolute atomic E-state index is 0.0600. The first-order valence-corrected chi connectivity index (χ1v) is 13.1. The second kappa shape index (κ2) is 10.1. The Hall–Kier alpha value is -4.67. The van der Waals surface area contributed by atoms with Crippen molar-refractivity contribution in [2.24, 2.45) is 26.7 Å². The van der Waals surface area contributed by atoms with Crippen LogP contribution in [0.4, 0.5) is 19.0 Å². The Kier molecular flexibility index (Phi) is 6.51. The fourth-order valence-corrected chi connectivity index (χ4v) is 5.82. The molecular weight excluding hydrogens is 535 g/mol. The molecule has 1 aromatic heterocycles. The number of hydrogen-bond acceptors (Lipinski definition) is 7. The number of fused-ring (bicyclic) bond motifs is 2. The number of rotatable bonds is 4. The number of carbonyl (C=O) groups is 1. The Morgan fingerprint density at radius 1 is 1.20 bits per heavy atom. The molecule has 2 aromatic rings. The predicted octanol–water partition coefficient (Wildman–Crippen LogP) is 4.32. The van der Waals surface area contributed by atoms with Gasteiger partial charge in [-0.25, -0.2) is 4.98 Å².